The molecule has 0 bridgehead atoms. The molecule has 2 aromatic rings. The Morgan fingerprint density at radius 2 is 1.77 bits per heavy atom. The summed E-state index contributed by atoms with van der Waals surface area (Å²) >= 11 is 0. The van der Waals surface area contributed by atoms with Crippen molar-refractivity contribution in [3.05, 3.63) is 53.1 Å². The van der Waals surface area contributed by atoms with Crippen molar-refractivity contribution in [3.63, 3.8) is 0 Å². The van der Waals surface area contributed by atoms with E-state index >= 15 is 0 Å². The van der Waals surface area contributed by atoms with Crippen molar-refractivity contribution in [2.45, 2.75) is 40.0 Å². The highest BCUT2D eigenvalue weighted by Gasteiger charge is 2.15. The molecular formula is C20H24N2O4. The third-order valence-corrected chi connectivity index (χ3v) is 3.79. The maximum absolute atomic E-state index is 12.4. The summed E-state index contributed by atoms with van der Waals surface area (Å²) in [7, 11) is 0. The Bertz CT molecular complexity index is 783. The average Bonchev–Trinajstić information content (AvgIpc) is 2.59. The van der Waals surface area contributed by atoms with Gasteiger partial charge in [-0.25, -0.2) is 14.8 Å². The summed E-state index contributed by atoms with van der Waals surface area (Å²) in [6, 6.07) is 5.78. The minimum Gasteiger partial charge on any atom is -0.493 e. The molecular weight excluding hydrogens is 332 g/mol. The molecule has 1 aromatic carbocycles. The number of ketones is 1. The van der Waals surface area contributed by atoms with Crippen LogP contribution in [0.3, 0.4) is 0 Å². The fourth-order valence-corrected chi connectivity index (χ4v) is 2.39. The average molecular weight is 356 g/mol. The molecule has 1 aromatic heterocycles. The number of carbonyl (C=O) groups is 2. The summed E-state index contributed by atoms with van der Waals surface area (Å²) < 4.78 is 5.92. The third-order valence-electron chi connectivity index (χ3n) is 3.79. The Kier molecular flexibility index (Phi) is 6.44. The molecule has 1 N–H and O–H groups in total. The second kappa shape index (κ2) is 8.56. The first kappa shape index (κ1) is 19.6. The molecule has 2 rings (SSSR count). The van der Waals surface area contributed by atoms with E-state index in [0.29, 0.717) is 18.4 Å². The second-order valence-corrected chi connectivity index (χ2v) is 6.93. The van der Waals surface area contributed by atoms with E-state index < -0.39 is 5.97 Å². The van der Waals surface area contributed by atoms with Gasteiger partial charge in [0.25, 0.3) is 0 Å². The van der Waals surface area contributed by atoms with E-state index in [4.69, 9.17) is 9.84 Å². The van der Waals surface area contributed by atoms with Gasteiger partial charge in [-0.2, -0.15) is 0 Å². The molecule has 0 aliphatic rings. The van der Waals surface area contributed by atoms with Crippen molar-refractivity contribution in [2.24, 2.45) is 5.92 Å². The van der Waals surface area contributed by atoms with Gasteiger partial charge in [0.2, 0.25) is 5.78 Å². The fourth-order valence-electron chi connectivity index (χ4n) is 2.39. The molecule has 0 amide bonds. The number of hydrogen-bond acceptors (Lipinski definition) is 5. The summed E-state index contributed by atoms with van der Waals surface area (Å²) in [5, 5.41) is 8.86. The molecule has 6 heteroatoms. The first-order valence-electron chi connectivity index (χ1n) is 8.62. The van der Waals surface area contributed by atoms with Crippen LogP contribution in [-0.2, 0) is 6.42 Å². The number of carbonyl (C=O) groups excluding carboxylic acids is 1. The van der Waals surface area contributed by atoms with Gasteiger partial charge < -0.3 is 9.84 Å². The van der Waals surface area contributed by atoms with Gasteiger partial charge in [0.05, 0.1) is 12.2 Å². The van der Waals surface area contributed by atoms with Crippen molar-refractivity contribution in [3.8, 4) is 5.75 Å². The molecule has 1 heterocycles. The molecule has 0 aliphatic carbocycles. The van der Waals surface area contributed by atoms with Crippen LogP contribution in [0.1, 0.15) is 65.7 Å². The third kappa shape index (κ3) is 5.12. The van der Waals surface area contributed by atoms with Gasteiger partial charge in [0.15, 0.2) is 5.82 Å². The smallest absolute Gasteiger partial charge is 0.338 e. The number of rotatable bonds is 8. The standard InChI is InChI=1S/C20H24N2O4/c1-12(2)11-26-18-8-14(5-6-16(18)13(3)4)7-17(23)19-21-9-15(10-22-19)20(24)25/h5-6,8-10,12-13H,7,11H2,1-4H3,(H,24,25). The number of carboxylic acid groups (broad SMARTS) is 1. The number of nitrogens with zero attached hydrogens (tertiary/aromatic N) is 2. The van der Waals surface area contributed by atoms with Crippen LogP contribution in [0.4, 0.5) is 0 Å². The van der Waals surface area contributed by atoms with Crippen LogP contribution in [0, 0.1) is 5.92 Å². The molecule has 0 radical (unpaired) electrons. The number of ether oxygens (including phenoxy) is 1. The minimum absolute atomic E-state index is 0.00702. The highest BCUT2D eigenvalue weighted by Crippen LogP contribution is 2.28. The normalized spacial score (nSPS) is 11.0. The SMILES string of the molecule is CC(C)COc1cc(CC(=O)c2ncc(C(=O)O)cn2)ccc1C(C)C. The van der Waals surface area contributed by atoms with E-state index in [1.807, 2.05) is 18.2 Å². The summed E-state index contributed by atoms with van der Waals surface area (Å²) in [5.41, 5.74) is 1.86. The Hall–Kier alpha value is -2.76. The molecule has 0 saturated heterocycles. The zero-order chi connectivity index (χ0) is 19.3. The van der Waals surface area contributed by atoms with Gasteiger partial charge in [0, 0.05) is 18.8 Å². The summed E-state index contributed by atoms with van der Waals surface area (Å²) in [6.07, 6.45) is 2.41. The first-order chi connectivity index (χ1) is 12.3. The van der Waals surface area contributed by atoms with E-state index in [0.717, 1.165) is 29.3 Å². The zero-order valence-corrected chi connectivity index (χ0v) is 15.5. The van der Waals surface area contributed by atoms with Crippen molar-refractivity contribution in [1.29, 1.82) is 0 Å². The molecule has 26 heavy (non-hydrogen) atoms. The van der Waals surface area contributed by atoms with Crippen molar-refractivity contribution in [1.82, 2.24) is 9.97 Å². The fraction of sp³-hybridized carbons (Fsp3) is 0.400. The van der Waals surface area contributed by atoms with E-state index in [2.05, 4.69) is 37.7 Å². The van der Waals surface area contributed by atoms with Gasteiger partial charge in [-0.3, -0.25) is 4.79 Å². The van der Waals surface area contributed by atoms with Crippen LogP contribution in [-0.4, -0.2) is 33.4 Å². The number of carboxylic acids is 1. The van der Waals surface area contributed by atoms with Gasteiger partial charge in [0.1, 0.15) is 5.75 Å². The lowest BCUT2D eigenvalue weighted by Crippen LogP contribution is -2.11. The van der Waals surface area contributed by atoms with Gasteiger partial charge in [-0.15, -0.1) is 0 Å². The molecule has 0 saturated carbocycles. The van der Waals surface area contributed by atoms with Gasteiger partial charge in [-0.05, 0) is 29.0 Å². The van der Waals surface area contributed by atoms with Crippen LogP contribution in [0.5, 0.6) is 5.75 Å². The zero-order valence-electron chi connectivity index (χ0n) is 15.5. The number of benzene rings is 1. The Morgan fingerprint density at radius 3 is 2.31 bits per heavy atom. The highest BCUT2D eigenvalue weighted by molar-refractivity contribution is 5.94. The number of aromatic carboxylic acids is 1. The Labute approximate surface area is 153 Å². The van der Waals surface area contributed by atoms with Crippen LogP contribution in [0.25, 0.3) is 0 Å². The summed E-state index contributed by atoms with van der Waals surface area (Å²) in [6.45, 7) is 8.97. The van der Waals surface area contributed by atoms with E-state index in [-0.39, 0.29) is 23.6 Å². The monoisotopic (exact) mass is 356 g/mol. The maximum atomic E-state index is 12.4. The molecule has 0 unspecified atom stereocenters. The number of hydrogen-bond donors (Lipinski definition) is 1. The second-order valence-electron chi connectivity index (χ2n) is 6.93. The predicted molar refractivity (Wildman–Crippen MR) is 97.9 cm³/mol. The summed E-state index contributed by atoms with van der Waals surface area (Å²) in [4.78, 5) is 30.9. The lowest BCUT2D eigenvalue weighted by atomic mass is 9.98. The quantitative estimate of drug-likeness (QED) is 0.724. The lowest BCUT2D eigenvalue weighted by molar-refractivity contribution is 0.0695. The van der Waals surface area contributed by atoms with Crippen LogP contribution >= 0.6 is 0 Å². The van der Waals surface area contributed by atoms with Gasteiger partial charge >= 0.3 is 5.97 Å². The van der Waals surface area contributed by atoms with Crippen molar-refractivity contribution in [2.75, 3.05) is 6.61 Å². The van der Waals surface area contributed by atoms with Crippen molar-refractivity contribution >= 4 is 11.8 Å². The van der Waals surface area contributed by atoms with Crippen molar-refractivity contribution < 1.29 is 19.4 Å². The molecule has 0 aliphatic heterocycles. The minimum atomic E-state index is -1.12. The van der Waals surface area contributed by atoms with E-state index in [1.165, 1.54) is 0 Å². The molecule has 0 atom stereocenters. The lowest BCUT2D eigenvalue weighted by Gasteiger charge is -2.16. The number of Topliss-reactive ketones (excluding diaryl/α,β-unsaturated/α-hetero) is 1. The van der Waals surface area contributed by atoms with E-state index in [1.54, 1.807) is 0 Å². The van der Waals surface area contributed by atoms with E-state index in [9.17, 15) is 9.59 Å². The Morgan fingerprint density at radius 1 is 1.12 bits per heavy atom. The maximum Gasteiger partial charge on any atom is 0.338 e. The highest BCUT2D eigenvalue weighted by atomic mass is 16.5. The predicted octanol–water partition coefficient (Wildman–Crippen LogP) is 3.76. The largest absolute Gasteiger partial charge is 0.493 e. The molecule has 6 nitrogen and oxygen atoms in total. The molecule has 0 fully saturated rings. The van der Waals surface area contributed by atoms with Crippen LogP contribution < -0.4 is 4.74 Å². The molecule has 138 valence electrons. The Balaban J connectivity index is 2.18. The van der Waals surface area contributed by atoms with Gasteiger partial charge in [-0.1, -0.05) is 39.8 Å². The number of aromatic nitrogens is 2. The summed E-state index contributed by atoms with van der Waals surface area (Å²) in [5.74, 6) is 0.123. The first-order valence-corrected chi connectivity index (χ1v) is 8.62. The topological polar surface area (TPSA) is 89.4 Å². The molecule has 0 spiro atoms. The van der Waals surface area contributed by atoms with Crippen LogP contribution in [0.15, 0.2) is 30.6 Å². The van der Waals surface area contributed by atoms with Crippen LogP contribution in [0.2, 0.25) is 0 Å².